The molecule has 1 saturated heterocycles. The van der Waals surface area contributed by atoms with Crippen LogP contribution in [0, 0.1) is 0 Å². The standard InChI is InChI=1S/C19H30N2O5/c1-20(2)12-19(23)7-6-8-21(13-19)17(22)11-14-9-15(24-3)18(26-5)16(10-14)25-4/h9-10,23H,6-8,11-13H2,1-5H3/t19-/m1/s1. The van der Waals surface area contributed by atoms with Crippen LogP contribution in [0.2, 0.25) is 0 Å². The molecular formula is C19H30N2O5. The van der Waals surface area contributed by atoms with Crippen LogP contribution in [0.4, 0.5) is 0 Å². The molecule has 7 nitrogen and oxygen atoms in total. The van der Waals surface area contributed by atoms with E-state index in [0.29, 0.717) is 43.3 Å². The maximum Gasteiger partial charge on any atom is 0.227 e. The highest BCUT2D eigenvalue weighted by Crippen LogP contribution is 2.38. The molecule has 1 aromatic rings. The Bertz CT molecular complexity index is 609. The Morgan fingerprint density at radius 1 is 1.19 bits per heavy atom. The van der Waals surface area contributed by atoms with Gasteiger partial charge in [-0.2, -0.15) is 0 Å². The summed E-state index contributed by atoms with van der Waals surface area (Å²) in [4.78, 5) is 16.5. The lowest BCUT2D eigenvalue weighted by Crippen LogP contribution is -2.55. The van der Waals surface area contributed by atoms with E-state index in [0.717, 1.165) is 12.0 Å². The van der Waals surface area contributed by atoms with Gasteiger partial charge in [0.2, 0.25) is 11.7 Å². The molecule has 0 unspecified atom stereocenters. The average Bonchev–Trinajstić information content (AvgIpc) is 2.59. The quantitative estimate of drug-likeness (QED) is 0.781. The predicted molar refractivity (Wildman–Crippen MR) is 99.1 cm³/mol. The van der Waals surface area contributed by atoms with Crippen LogP contribution < -0.4 is 14.2 Å². The van der Waals surface area contributed by atoms with Crippen molar-refractivity contribution in [3.8, 4) is 17.2 Å². The molecule has 0 radical (unpaired) electrons. The zero-order valence-electron chi connectivity index (χ0n) is 16.4. The monoisotopic (exact) mass is 366 g/mol. The molecule has 1 aliphatic rings. The number of amides is 1. The van der Waals surface area contributed by atoms with Crippen LogP contribution in [0.25, 0.3) is 0 Å². The molecule has 146 valence electrons. The lowest BCUT2D eigenvalue weighted by atomic mass is 9.92. The van der Waals surface area contributed by atoms with Crippen molar-refractivity contribution >= 4 is 5.91 Å². The molecule has 1 amide bonds. The molecule has 1 fully saturated rings. The Morgan fingerprint density at radius 2 is 1.81 bits per heavy atom. The number of likely N-dealkylation sites (tertiary alicyclic amines) is 1. The largest absolute Gasteiger partial charge is 0.493 e. The fourth-order valence-corrected chi connectivity index (χ4v) is 3.57. The molecular weight excluding hydrogens is 336 g/mol. The molecule has 0 spiro atoms. The highest BCUT2D eigenvalue weighted by Gasteiger charge is 2.35. The SMILES string of the molecule is COc1cc(CC(=O)N2CCC[C@@](O)(CN(C)C)C2)cc(OC)c1OC. The molecule has 0 bridgehead atoms. The second-order valence-corrected chi connectivity index (χ2v) is 7.09. The van der Waals surface area contributed by atoms with Gasteiger partial charge >= 0.3 is 0 Å². The lowest BCUT2D eigenvalue weighted by molar-refractivity contribution is -0.138. The summed E-state index contributed by atoms with van der Waals surface area (Å²) < 4.78 is 16.0. The van der Waals surface area contributed by atoms with Crippen molar-refractivity contribution in [1.82, 2.24) is 9.80 Å². The van der Waals surface area contributed by atoms with Gasteiger partial charge in [-0.05, 0) is 44.6 Å². The Kier molecular flexibility index (Phi) is 6.72. The number of carbonyl (C=O) groups excluding carboxylic acids is 1. The van der Waals surface area contributed by atoms with E-state index in [1.165, 1.54) is 0 Å². The minimum Gasteiger partial charge on any atom is -0.493 e. The summed E-state index contributed by atoms with van der Waals surface area (Å²) in [5.74, 6) is 1.54. The number of carbonyl (C=O) groups is 1. The van der Waals surface area contributed by atoms with Crippen molar-refractivity contribution in [3.63, 3.8) is 0 Å². The van der Waals surface area contributed by atoms with Crippen molar-refractivity contribution < 1.29 is 24.1 Å². The van der Waals surface area contributed by atoms with Gasteiger partial charge in [0.05, 0.1) is 39.9 Å². The Balaban J connectivity index is 2.14. The van der Waals surface area contributed by atoms with E-state index in [4.69, 9.17) is 14.2 Å². The van der Waals surface area contributed by atoms with E-state index in [9.17, 15) is 9.90 Å². The number of aliphatic hydroxyl groups is 1. The maximum absolute atomic E-state index is 12.8. The molecule has 1 heterocycles. The van der Waals surface area contributed by atoms with Crippen LogP contribution in [0.3, 0.4) is 0 Å². The normalized spacial score (nSPS) is 20.2. The zero-order valence-corrected chi connectivity index (χ0v) is 16.4. The van der Waals surface area contributed by atoms with Gasteiger partial charge in [0.25, 0.3) is 0 Å². The predicted octanol–water partition coefficient (Wildman–Crippen LogP) is 1.17. The van der Waals surface area contributed by atoms with Crippen LogP contribution in [-0.4, -0.2) is 81.5 Å². The zero-order chi connectivity index (χ0) is 19.3. The third-order valence-corrected chi connectivity index (χ3v) is 4.60. The molecule has 0 saturated carbocycles. The van der Waals surface area contributed by atoms with Crippen LogP contribution in [0.1, 0.15) is 18.4 Å². The molecule has 0 aliphatic carbocycles. The Morgan fingerprint density at radius 3 is 2.31 bits per heavy atom. The first-order chi connectivity index (χ1) is 12.3. The highest BCUT2D eigenvalue weighted by atomic mass is 16.5. The van der Waals surface area contributed by atoms with Gasteiger partial charge in [-0.3, -0.25) is 4.79 Å². The molecule has 1 aliphatic heterocycles. The number of hydrogen-bond donors (Lipinski definition) is 1. The van der Waals surface area contributed by atoms with E-state index in [1.54, 1.807) is 38.4 Å². The first-order valence-electron chi connectivity index (χ1n) is 8.75. The summed E-state index contributed by atoms with van der Waals surface area (Å²) in [6.45, 7) is 1.56. The van der Waals surface area contributed by atoms with Gasteiger partial charge in [-0.25, -0.2) is 0 Å². The molecule has 7 heteroatoms. The minimum absolute atomic E-state index is 0.0174. The first kappa shape index (κ1) is 20.3. The number of ether oxygens (including phenoxy) is 3. The third kappa shape index (κ3) is 4.80. The topological polar surface area (TPSA) is 71.5 Å². The van der Waals surface area contributed by atoms with Gasteiger partial charge < -0.3 is 29.1 Å². The second-order valence-electron chi connectivity index (χ2n) is 7.09. The smallest absolute Gasteiger partial charge is 0.227 e. The highest BCUT2D eigenvalue weighted by molar-refractivity contribution is 5.79. The van der Waals surface area contributed by atoms with Crippen molar-refractivity contribution in [3.05, 3.63) is 17.7 Å². The fourth-order valence-electron chi connectivity index (χ4n) is 3.57. The van der Waals surface area contributed by atoms with Crippen LogP contribution >= 0.6 is 0 Å². The minimum atomic E-state index is -0.854. The number of β-amino-alcohol motifs (C(OH)–C–C–N with tert-alkyl or cyclic N) is 1. The van der Waals surface area contributed by atoms with Gasteiger partial charge in [0.15, 0.2) is 11.5 Å². The Labute approximate surface area is 155 Å². The summed E-state index contributed by atoms with van der Waals surface area (Å²) in [5.41, 5.74) is -0.0709. The summed E-state index contributed by atoms with van der Waals surface area (Å²) >= 11 is 0. The van der Waals surface area contributed by atoms with Gasteiger partial charge in [0.1, 0.15) is 0 Å². The van der Waals surface area contributed by atoms with Gasteiger partial charge in [0, 0.05) is 13.1 Å². The summed E-state index contributed by atoms with van der Waals surface area (Å²) in [7, 11) is 8.50. The molecule has 1 atom stereocenters. The van der Waals surface area contributed by atoms with Crippen LogP contribution in [-0.2, 0) is 11.2 Å². The van der Waals surface area contributed by atoms with Gasteiger partial charge in [-0.1, -0.05) is 0 Å². The summed E-state index contributed by atoms with van der Waals surface area (Å²) in [6, 6.07) is 3.57. The molecule has 26 heavy (non-hydrogen) atoms. The van der Waals surface area contributed by atoms with Gasteiger partial charge in [-0.15, -0.1) is 0 Å². The molecule has 0 aromatic heterocycles. The molecule has 1 N–H and O–H groups in total. The van der Waals surface area contributed by atoms with Crippen LogP contribution in [0.5, 0.6) is 17.2 Å². The molecule has 1 aromatic carbocycles. The van der Waals surface area contributed by atoms with Crippen LogP contribution in [0.15, 0.2) is 12.1 Å². The molecule has 2 rings (SSSR count). The number of likely N-dealkylation sites (N-methyl/N-ethyl adjacent to an activating group) is 1. The number of hydrogen-bond acceptors (Lipinski definition) is 6. The van der Waals surface area contributed by atoms with Crippen molar-refractivity contribution in [1.29, 1.82) is 0 Å². The fraction of sp³-hybridized carbons (Fsp3) is 0.632. The van der Waals surface area contributed by atoms with E-state index in [2.05, 4.69) is 0 Å². The average molecular weight is 366 g/mol. The third-order valence-electron chi connectivity index (χ3n) is 4.60. The van der Waals surface area contributed by atoms with E-state index in [-0.39, 0.29) is 12.3 Å². The number of nitrogens with zero attached hydrogens (tertiary/aromatic N) is 2. The van der Waals surface area contributed by atoms with E-state index >= 15 is 0 Å². The summed E-state index contributed by atoms with van der Waals surface area (Å²) in [6.07, 6.45) is 1.72. The number of methoxy groups -OCH3 is 3. The second kappa shape index (κ2) is 8.60. The number of rotatable bonds is 7. The first-order valence-corrected chi connectivity index (χ1v) is 8.75. The maximum atomic E-state index is 12.8. The number of benzene rings is 1. The van der Waals surface area contributed by atoms with Crippen molar-refractivity contribution in [2.75, 3.05) is 55.1 Å². The number of piperidine rings is 1. The van der Waals surface area contributed by atoms with Crippen molar-refractivity contribution in [2.45, 2.75) is 24.9 Å². The van der Waals surface area contributed by atoms with Crippen molar-refractivity contribution in [2.24, 2.45) is 0 Å². The lowest BCUT2D eigenvalue weighted by Gasteiger charge is -2.40. The van der Waals surface area contributed by atoms with E-state index < -0.39 is 5.60 Å². The Hall–Kier alpha value is -1.99. The van der Waals surface area contributed by atoms with E-state index in [1.807, 2.05) is 19.0 Å². The summed E-state index contributed by atoms with van der Waals surface area (Å²) in [5, 5.41) is 10.8.